The van der Waals surface area contributed by atoms with Crippen LogP contribution in [0.25, 0.3) is 0 Å². The molecule has 0 radical (unpaired) electrons. The molecule has 90 valence electrons. The Balaban J connectivity index is 2.54. The van der Waals surface area contributed by atoms with Crippen LogP contribution in [-0.2, 0) is 6.42 Å². The molecule has 1 aromatic heterocycles. The van der Waals surface area contributed by atoms with Crippen LogP contribution in [0.1, 0.15) is 43.1 Å². The van der Waals surface area contributed by atoms with Crippen LogP contribution in [0, 0.1) is 0 Å². The van der Waals surface area contributed by atoms with Crippen LogP contribution in [0.4, 0.5) is 0 Å². The molecule has 0 saturated heterocycles. The molecule has 0 aliphatic rings. The third kappa shape index (κ3) is 3.81. The SMILES string of the molecule is CCCN=C(N)NC(C)c1ncc(CC)s1. The van der Waals surface area contributed by atoms with Crippen molar-refractivity contribution in [3.05, 3.63) is 16.1 Å². The number of nitrogens with one attached hydrogen (secondary N) is 1. The molecule has 1 aromatic rings. The summed E-state index contributed by atoms with van der Waals surface area (Å²) in [7, 11) is 0. The first-order valence-corrected chi connectivity index (χ1v) is 6.50. The van der Waals surface area contributed by atoms with E-state index in [0.717, 1.165) is 24.4 Å². The second kappa shape index (κ2) is 6.48. The molecule has 0 spiro atoms. The highest BCUT2D eigenvalue weighted by atomic mass is 32.1. The van der Waals surface area contributed by atoms with Gasteiger partial charge in [-0.2, -0.15) is 0 Å². The number of rotatable bonds is 5. The van der Waals surface area contributed by atoms with Crippen molar-refractivity contribution in [2.75, 3.05) is 6.54 Å². The van der Waals surface area contributed by atoms with Gasteiger partial charge in [-0.1, -0.05) is 13.8 Å². The van der Waals surface area contributed by atoms with E-state index in [2.05, 4.69) is 29.1 Å². The summed E-state index contributed by atoms with van der Waals surface area (Å²) in [5.74, 6) is 0.502. The van der Waals surface area contributed by atoms with Gasteiger partial charge < -0.3 is 11.1 Å². The van der Waals surface area contributed by atoms with Crippen molar-refractivity contribution in [3.8, 4) is 0 Å². The zero-order valence-electron chi connectivity index (χ0n) is 10.2. The van der Waals surface area contributed by atoms with Crippen LogP contribution in [0.5, 0.6) is 0 Å². The third-order valence-corrected chi connectivity index (χ3v) is 3.48. The summed E-state index contributed by atoms with van der Waals surface area (Å²) in [5.41, 5.74) is 5.75. The van der Waals surface area contributed by atoms with Crippen LogP contribution in [0.2, 0.25) is 0 Å². The number of aryl methyl sites for hydroxylation is 1. The van der Waals surface area contributed by atoms with Gasteiger partial charge in [0.2, 0.25) is 0 Å². The molecule has 0 amide bonds. The molecule has 0 bridgehead atoms. The third-order valence-electron chi connectivity index (χ3n) is 2.16. The van der Waals surface area contributed by atoms with Crippen molar-refractivity contribution in [2.45, 2.75) is 39.7 Å². The molecule has 16 heavy (non-hydrogen) atoms. The molecular formula is C11H20N4S. The van der Waals surface area contributed by atoms with Crippen molar-refractivity contribution in [3.63, 3.8) is 0 Å². The zero-order valence-corrected chi connectivity index (χ0v) is 11.0. The number of hydrogen-bond donors (Lipinski definition) is 2. The lowest BCUT2D eigenvalue weighted by molar-refractivity contribution is 0.700. The average molecular weight is 240 g/mol. The van der Waals surface area contributed by atoms with Gasteiger partial charge in [-0.05, 0) is 19.8 Å². The molecule has 0 fully saturated rings. The molecule has 0 aromatic carbocycles. The smallest absolute Gasteiger partial charge is 0.189 e. The number of hydrogen-bond acceptors (Lipinski definition) is 3. The maximum Gasteiger partial charge on any atom is 0.189 e. The van der Waals surface area contributed by atoms with Crippen molar-refractivity contribution in [2.24, 2.45) is 10.7 Å². The summed E-state index contributed by atoms with van der Waals surface area (Å²) < 4.78 is 0. The Morgan fingerprint density at radius 2 is 2.38 bits per heavy atom. The lowest BCUT2D eigenvalue weighted by Crippen LogP contribution is -2.33. The van der Waals surface area contributed by atoms with Crippen molar-refractivity contribution in [1.29, 1.82) is 0 Å². The quantitative estimate of drug-likeness (QED) is 0.612. The number of guanidine groups is 1. The van der Waals surface area contributed by atoms with Gasteiger partial charge in [0, 0.05) is 17.6 Å². The number of aliphatic imine (C=N–C) groups is 1. The summed E-state index contributed by atoms with van der Waals surface area (Å²) in [6, 6.07) is 0.130. The summed E-state index contributed by atoms with van der Waals surface area (Å²) >= 11 is 1.72. The summed E-state index contributed by atoms with van der Waals surface area (Å²) in [4.78, 5) is 9.86. The molecule has 4 nitrogen and oxygen atoms in total. The van der Waals surface area contributed by atoms with Crippen LogP contribution < -0.4 is 11.1 Å². The maximum absolute atomic E-state index is 5.75. The summed E-state index contributed by atoms with van der Waals surface area (Å²) in [6.07, 6.45) is 3.97. The molecule has 0 aliphatic carbocycles. The zero-order chi connectivity index (χ0) is 12.0. The van der Waals surface area contributed by atoms with E-state index in [0.29, 0.717) is 5.96 Å². The Kier molecular flexibility index (Phi) is 5.25. The van der Waals surface area contributed by atoms with E-state index in [-0.39, 0.29) is 6.04 Å². The van der Waals surface area contributed by atoms with Gasteiger partial charge in [0.05, 0.1) is 6.04 Å². The van der Waals surface area contributed by atoms with Crippen LogP contribution in [-0.4, -0.2) is 17.5 Å². The van der Waals surface area contributed by atoms with Crippen LogP contribution in [0.15, 0.2) is 11.2 Å². The standard InChI is InChI=1S/C11H20N4S/c1-4-6-13-11(12)15-8(3)10-14-7-9(5-2)16-10/h7-8H,4-6H2,1-3H3,(H3,12,13,15). The van der Waals surface area contributed by atoms with Gasteiger partial charge in [0.15, 0.2) is 5.96 Å². The maximum atomic E-state index is 5.75. The van der Waals surface area contributed by atoms with E-state index >= 15 is 0 Å². The molecular weight excluding hydrogens is 220 g/mol. The first kappa shape index (κ1) is 13.0. The molecule has 0 aliphatic heterocycles. The summed E-state index contributed by atoms with van der Waals surface area (Å²) in [6.45, 7) is 7.03. The predicted octanol–water partition coefficient (Wildman–Crippen LogP) is 2.08. The molecule has 1 unspecified atom stereocenters. The molecule has 1 heterocycles. The Bertz CT molecular complexity index is 346. The first-order chi connectivity index (χ1) is 7.67. The lowest BCUT2D eigenvalue weighted by Gasteiger charge is -2.11. The molecule has 3 N–H and O–H groups in total. The van der Waals surface area contributed by atoms with E-state index < -0.39 is 0 Å². The van der Waals surface area contributed by atoms with Crippen LogP contribution >= 0.6 is 11.3 Å². The number of nitrogens with two attached hydrogens (primary N) is 1. The Morgan fingerprint density at radius 3 is 2.94 bits per heavy atom. The molecule has 5 heteroatoms. The molecule has 1 atom stereocenters. The Labute approximate surface area is 101 Å². The van der Waals surface area contributed by atoms with E-state index in [4.69, 9.17) is 5.73 Å². The van der Waals surface area contributed by atoms with Gasteiger partial charge in [0.1, 0.15) is 5.01 Å². The predicted molar refractivity (Wildman–Crippen MR) is 69.8 cm³/mol. The normalized spacial score (nSPS) is 13.8. The highest BCUT2D eigenvalue weighted by Gasteiger charge is 2.10. The van der Waals surface area contributed by atoms with E-state index in [1.54, 1.807) is 11.3 Å². The molecule has 1 rings (SSSR count). The van der Waals surface area contributed by atoms with Gasteiger partial charge in [0.25, 0.3) is 0 Å². The van der Waals surface area contributed by atoms with Gasteiger partial charge in [-0.3, -0.25) is 4.99 Å². The van der Waals surface area contributed by atoms with Gasteiger partial charge >= 0.3 is 0 Å². The Hall–Kier alpha value is -1.10. The van der Waals surface area contributed by atoms with Crippen LogP contribution in [0.3, 0.4) is 0 Å². The van der Waals surface area contributed by atoms with Crippen molar-refractivity contribution < 1.29 is 0 Å². The lowest BCUT2D eigenvalue weighted by atomic mass is 10.3. The van der Waals surface area contributed by atoms with Gasteiger partial charge in [-0.25, -0.2) is 4.98 Å². The fourth-order valence-electron chi connectivity index (χ4n) is 1.25. The second-order valence-electron chi connectivity index (χ2n) is 3.65. The minimum Gasteiger partial charge on any atom is -0.370 e. The minimum absolute atomic E-state index is 0.130. The van der Waals surface area contributed by atoms with E-state index in [1.165, 1.54) is 4.88 Å². The van der Waals surface area contributed by atoms with E-state index in [9.17, 15) is 0 Å². The number of thiazole rings is 1. The highest BCUT2D eigenvalue weighted by molar-refractivity contribution is 7.11. The summed E-state index contributed by atoms with van der Waals surface area (Å²) in [5, 5.41) is 4.21. The number of aromatic nitrogens is 1. The van der Waals surface area contributed by atoms with Crippen molar-refractivity contribution >= 4 is 17.3 Å². The monoisotopic (exact) mass is 240 g/mol. The fourth-order valence-corrected chi connectivity index (χ4v) is 2.11. The topological polar surface area (TPSA) is 63.3 Å². The first-order valence-electron chi connectivity index (χ1n) is 5.68. The van der Waals surface area contributed by atoms with Gasteiger partial charge in [-0.15, -0.1) is 11.3 Å². The average Bonchev–Trinajstić information content (AvgIpc) is 2.74. The minimum atomic E-state index is 0.130. The van der Waals surface area contributed by atoms with Crippen molar-refractivity contribution in [1.82, 2.24) is 10.3 Å². The Morgan fingerprint density at radius 1 is 1.62 bits per heavy atom. The highest BCUT2D eigenvalue weighted by Crippen LogP contribution is 2.19. The fraction of sp³-hybridized carbons (Fsp3) is 0.636. The molecule has 0 saturated carbocycles. The van der Waals surface area contributed by atoms with E-state index in [1.807, 2.05) is 13.1 Å². The number of nitrogens with zero attached hydrogens (tertiary/aromatic N) is 2. The second-order valence-corrected chi connectivity index (χ2v) is 4.80. The largest absolute Gasteiger partial charge is 0.370 e.